The molecule has 7 nitrogen and oxygen atoms in total. The van der Waals surface area contributed by atoms with E-state index in [0.717, 1.165) is 43.2 Å². The van der Waals surface area contributed by atoms with Gasteiger partial charge in [0.15, 0.2) is 5.78 Å². The van der Waals surface area contributed by atoms with Gasteiger partial charge < -0.3 is 0 Å². The number of nitro benzene ring substituents is 1. The molecule has 0 saturated heterocycles. The van der Waals surface area contributed by atoms with E-state index in [2.05, 4.69) is 6.07 Å². The fourth-order valence-corrected chi connectivity index (χ4v) is 6.90. The molecule has 1 aromatic heterocycles. The van der Waals surface area contributed by atoms with Crippen molar-refractivity contribution in [1.82, 2.24) is 0 Å². The van der Waals surface area contributed by atoms with Crippen molar-refractivity contribution in [3.05, 3.63) is 67.2 Å². The number of nitrogens with zero attached hydrogens (tertiary/aromatic N) is 3. The maximum absolute atomic E-state index is 13.6. The Balaban J connectivity index is 1.62. The minimum atomic E-state index is -0.458. The SMILES string of the molecule is N#Cc1c(N2C(=O)C[C@@H](c3ccc([N+](=O)[O-])cc3)C3=C2CCCC3=O)sc2c1CCCCCC2. The maximum atomic E-state index is 13.6. The smallest absolute Gasteiger partial charge is 0.269 e. The summed E-state index contributed by atoms with van der Waals surface area (Å²) in [7, 11) is 0. The average Bonchev–Trinajstić information content (AvgIpc) is 3.14. The minimum absolute atomic E-state index is 0.0219. The topological polar surface area (TPSA) is 104 Å². The monoisotopic (exact) mass is 475 g/mol. The van der Waals surface area contributed by atoms with Gasteiger partial charge in [-0.05, 0) is 49.7 Å². The van der Waals surface area contributed by atoms with Crippen molar-refractivity contribution in [2.45, 2.75) is 70.1 Å². The van der Waals surface area contributed by atoms with Gasteiger partial charge in [-0.2, -0.15) is 5.26 Å². The third-order valence-electron chi connectivity index (χ3n) is 7.15. The first-order chi connectivity index (χ1) is 16.5. The van der Waals surface area contributed by atoms with Crippen LogP contribution in [0.25, 0.3) is 0 Å². The number of rotatable bonds is 3. The summed E-state index contributed by atoms with van der Waals surface area (Å²) in [5.74, 6) is -0.517. The quantitative estimate of drug-likeness (QED) is 0.417. The Bertz CT molecular complexity index is 1250. The van der Waals surface area contributed by atoms with Gasteiger partial charge >= 0.3 is 0 Å². The molecular weight excluding hydrogens is 450 g/mol. The first-order valence-corrected chi connectivity index (χ1v) is 12.7. The molecule has 1 aromatic carbocycles. The highest BCUT2D eigenvalue weighted by Gasteiger charge is 2.41. The number of hydrogen-bond acceptors (Lipinski definition) is 6. The lowest BCUT2D eigenvalue weighted by Gasteiger charge is -2.37. The average molecular weight is 476 g/mol. The van der Waals surface area contributed by atoms with Gasteiger partial charge in [0.25, 0.3) is 5.69 Å². The molecule has 2 heterocycles. The number of hydrogen-bond donors (Lipinski definition) is 0. The molecule has 1 atom stereocenters. The van der Waals surface area contributed by atoms with Crippen LogP contribution in [0, 0.1) is 21.4 Å². The number of non-ortho nitro benzene ring substituents is 1. The molecule has 0 bridgehead atoms. The molecule has 8 heteroatoms. The summed E-state index contributed by atoms with van der Waals surface area (Å²) in [5.41, 5.74) is 3.73. The molecule has 0 fully saturated rings. The predicted molar refractivity (Wildman–Crippen MR) is 129 cm³/mol. The van der Waals surface area contributed by atoms with E-state index in [1.165, 1.54) is 23.4 Å². The number of fused-ring (bicyclic) bond motifs is 1. The number of nitro groups is 1. The van der Waals surface area contributed by atoms with Gasteiger partial charge in [0, 0.05) is 47.0 Å². The van der Waals surface area contributed by atoms with Crippen molar-refractivity contribution >= 4 is 33.7 Å². The van der Waals surface area contributed by atoms with Gasteiger partial charge in [0.05, 0.1) is 10.5 Å². The number of allylic oxidation sites excluding steroid dienone is 2. The molecule has 1 aliphatic heterocycles. The van der Waals surface area contributed by atoms with E-state index in [0.29, 0.717) is 41.1 Å². The number of carbonyl (C=O) groups excluding carboxylic acids is 2. The molecule has 1 amide bonds. The second kappa shape index (κ2) is 9.15. The molecule has 5 rings (SSSR count). The second-order valence-corrected chi connectivity index (χ2v) is 10.3. The fraction of sp³-hybridized carbons (Fsp3) is 0.423. The number of amides is 1. The summed E-state index contributed by atoms with van der Waals surface area (Å²) in [6.45, 7) is 0. The highest BCUT2D eigenvalue weighted by molar-refractivity contribution is 7.16. The van der Waals surface area contributed by atoms with Crippen molar-refractivity contribution in [3.8, 4) is 6.07 Å². The van der Waals surface area contributed by atoms with Crippen LogP contribution in [0.4, 0.5) is 10.7 Å². The zero-order chi connectivity index (χ0) is 23.8. The molecule has 2 aliphatic carbocycles. The standard InChI is InChI=1S/C26H25N3O4S/c27-15-20-18-6-3-1-2-4-9-23(18)34-26(20)28-21-7-5-8-22(30)25(21)19(14-24(28)31)16-10-12-17(13-11-16)29(32)33/h10-13,19H,1-9,14H2/t19-/m0/s1. The molecule has 174 valence electrons. The molecule has 34 heavy (non-hydrogen) atoms. The van der Waals surface area contributed by atoms with Crippen molar-refractivity contribution in [3.63, 3.8) is 0 Å². The van der Waals surface area contributed by atoms with Gasteiger partial charge in [-0.15, -0.1) is 11.3 Å². The van der Waals surface area contributed by atoms with Gasteiger partial charge in [-0.1, -0.05) is 25.0 Å². The Morgan fingerprint density at radius 3 is 2.44 bits per heavy atom. The second-order valence-electron chi connectivity index (χ2n) is 9.18. The lowest BCUT2D eigenvalue weighted by atomic mass is 9.77. The number of carbonyl (C=O) groups is 2. The number of Topliss-reactive ketones (excluding diaryl/α,β-unsaturated/α-hetero) is 1. The summed E-state index contributed by atoms with van der Waals surface area (Å²) in [4.78, 5) is 40.2. The Kier molecular flexibility index (Phi) is 6.05. The van der Waals surface area contributed by atoms with Crippen LogP contribution in [-0.4, -0.2) is 16.6 Å². The third kappa shape index (κ3) is 3.84. The van der Waals surface area contributed by atoms with Gasteiger partial charge in [0.2, 0.25) is 5.91 Å². The molecule has 3 aliphatic rings. The number of benzene rings is 1. The predicted octanol–water partition coefficient (Wildman–Crippen LogP) is 5.71. The largest absolute Gasteiger partial charge is 0.294 e. The lowest BCUT2D eigenvalue weighted by Crippen LogP contribution is -2.40. The molecule has 0 saturated carbocycles. The molecular formula is C26H25N3O4S. The number of nitriles is 1. The van der Waals surface area contributed by atoms with Crippen LogP contribution in [0.1, 0.15) is 78.9 Å². The first-order valence-electron chi connectivity index (χ1n) is 11.9. The summed E-state index contributed by atoms with van der Waals surface area (Å²) in [5, 5.41) is 21.8. The normalized spacial score (nSPS) is 20.8. The fourth-order valence-electron chi connectivity index (χ4n) is 5.52. The zero-order valence-electron chi connectivity index (χ0n) is 18.8. The first kappa shape index (κ1) is 22.5. The molecule has 0 radical (unpaired) electrons. The van der Waals surface area contributed by atoms with E-state index in [9.17, 15) is 25.0 Å². The van der Waals surface area contributed by atoms with E-state index < -0.39 is 10.8 Å². The van der Waals surface area contributed by atoms with Crippen molar-refractivity contribution < 1.29 is 14.5 Å². The van der Waals surface area contributed by atoms with E-state index >= 15 is 0 Å². The van der Waals surface area contributed by atoms with Crippen LogP contribution in [0.5, 0.6) is 0 Å². The van der Waals surface area contributed by atoms with Gasteiger partial charge in [-0.3, -0.25) is 24.6 Å². The summed E-state index contributed by atoms with van der Waals surface area (Å²) in [6.07, 6.45) is 8.04. The van der Waals surface area contributed by atoms with E-state index in [-0.39, 0.29) is 23.8 Å². The Hall–Kier alpha value is -3.31. The van der Waals surface area contributed by atoms with E-state index in [1.807, 2.05) is 0 Å². The molecule has 0 spiro atoms. The number of anilines is 1. The Morgan fingerprint density at radius 2 is 1.74 bits per heavy atom. The Morgan fingerprint density at radius 1 is 1.00 bits per heavy atom. The van der Waals surface area contributed by atoms with Crippen LogP contribution in [0.15, 0.2) is 35.5 Å². The highest BCUT2D eigenvalue weighted by Crippen LogP contribution is 2.47. The lowest BCUT2D eigenvalue weighted by molar-refractivity contribution is -0.384. The van der Waals surface area contributed by atoms with Gasteiger partial charge in [-0.25, -0.2) is 0 Å². The van der Waals surface area contributed by atoms with Crippen LogP contribution in [-0.2, 0) is 22.4 Å². The van der Waals surface area contributed by atoms with E-state index in [1.54, 1.807) is 28.4 Å². The van der Waals surface area contributed by atoms with Gasteiger partial charge in [0.1, 0.15) is 11.1 Å². The molecule has 0 unspecified atom stereocenters. The number of ketones is 1. The highest BCUT2D eigenvalue weighted by atomic mass is 32.1. The summed E-state index contributed by atoms with van der Waals surface area (Å²) in [6, 6.07) is 8.53. The summed E-state index contributed by atoms with van der Waals surface area (Å²) < 4.78 is 0. The van der Waals surface area contributed by atoms with Crippen molar-refractivity contribution in [2.75, 3.05) is 4.90 Å². The van der Waals surface area contributed by atoms with E-state index in [4.69, 9.17) is 0 Å². The van der Waals surface area contributed by atoms with Crippen LogP contribution in [0.2, 0.25) is 0 Å². The third-order valence-corrected chi connectivity index (χ3v) is 8.43. The Labute approximate surface area is 201 Å². The minimum Gasteiger partial charge on any atom is -0.294 e. The van der Waals surface area contributed by atoms with Crippen LogP contribution >= 0.6 is 11.3 Å². The summed E-state index contributed by atoms with van der Waals surface area (Å²) >= 11 is 1.54. The number of thiophene rings is 1. The van der Waals surface area contributed by atoms with Crippen molar-refractivity contribution in [1.29, 1.82) is 5.26 Å². The molecule has 2 aromatic rings. The number of aryl methyl sites for hydroxylation is 1. The maximum Gasteiger partial charge on any atom is 0.269 e. The molecule has 0 N–H and O–H groups in total. The van der Waals surface area contributed by atoms with Crippen LogP contribution < -0.4 is 4.90 Å². The van der Waals surface area contributed by atoms with Crippen LogP contribution in [0.3, 0.4) is 0 Å². The van der Waals surface area contributed by atoms with Crippen molar-refractivity contribution in [2.24, 2.45) is 0 Å². The zero-order valence-corrected chi connectivity index (χ0v) is 19.7.